The molecule has 1 amide bonds. The van der Waals surface area contributed by atoms with Gasteiger partial charge in [0.05, 0.1) is 24.9 Å². The molecule has 5 unspecified atom stereocenters. The van der Waals surface area contributed by atoms with Crippen LogP contribution in [0.3, 0.4) is 0 Å². The summed E-state index contributed by atoms with van der Waals surface area (Å²) < 4.78 is 55.0. The molecule has 3 saturated heterocycles. The standard InChI is InChI=1S/C45H56N4O12/c1-29-38(47-48-46)43(53-24-16-8-15-23-49(25-33-17-9-5-10-18-33)45(52)56-26-34-19-11-6-12-20-34)58-36(27-54-31(3)50)39(29)61-44-41(57-32(4)51)30(2)40-37(59-44)28-55-42(60-40)35-21-13-7-14-22-35/h5-7,9-14,17-22,29-30,36-44H,8,15-16,23-28H2,1-4H3/t29-,30+,36?,37?,38?,39+,40+,41?,42?,43+,44+/m1/s1. The van der Waals surface area contributed by atoms with Gasteiger partial charge in [-0.25, -0.2) is 4.79 Å². The molecular formula is C45H56N4O12. The van der Waals surface area contributed by atoms with Crippen molar-refractivity contribution in [1.29, 1.82) is 0 Å². The fraction of sp³-hybridized carbons (Fsp3) is 0.533. The summed E-state index contributed by atoms with van der Waals surface area (Å²) in [6.45, 7) is 7.63. The van der Waals surface area contributed by atoms with Crippen LogP contribution >= 0.6 is 0 Å². The monoisotopic (exact) mass is 844 g/mol. The summed E-state index contributed by atoms with van der Waals surface area (Å²) in [6.07, 6.45) is -4.81. The molecule has 0 bridgehead atoms. The predicted molar refractivity (Wildman–Crippen MR) is 219 cm³/mol. The highest BCUT2D eigenvalue weighted by molar-refractivity contribution is 5.67. The number of nitrogens with zero attached hydrogens (tertiary/aromatic N) is 4. The van der Waals surface area contributed by atoms with Crippen LogP contribution in [-0.4, -0.2) is 98.4 Å². The van der Waals surface area contributed by atoms with E-state index in [1.54, 1.807) is 4.90 Å². The van der Waals surface area contributed by atoms with Crippen LogP contribution in [0.1, 0.15) is 69.9 Å². The van der Waals surface area contributed by atoms with E-state index in [1.807, 2.05) is 105 Å². The van der Waals surface area contributed by atoms with Crippen LogP contribution in [0.2, 0.25) is 0 Å². The molecule has 3 aromatic carbocycles. The minimum Gasteiger partial charge on any atom is -0.463 e. The molecule has 0 aromatic heterocycles. The van der Waals surface area contributed by atoms with Crippen molar-refractivity contribution in [3.05, 3.63) is 118 Å². The molecule has 0 aliphatic carbocycles. The number of rotatable bonds is 18. The van der Waals surface area contributed by atoms with E-state index in [4.69, 9.17) is 42.6 Å². The number of esters is 2. The Bertz CT molecular complexity index is 1890. The number of hydrogen-bond donors (Lipinski definition) is 0. The van der Waals surface area contributed by atoms with Gasteiger partial charge in [0.1, 0.15) is 25.4 Å². The van der Waals surface area contributed by atoms with Crippen LogP contribution in [0.5, 0.6) is 0 Å². The maximum absolute atomic E-state index is 13.2. The van der Waals surface area contributed by atoms with Gasteiger partial charge >= 0.3 is 18.0 Å². The van der Waals surface area contributed by atoms with Crippen molar-refractivity contribution >= 4 is 18.0 Å². The SMILES string of the molecule is CC(=O)OCC1O[C@H](OCCCCCN(Cc2ccccc2)C(=O)OCc2ccccc2)C(N=[N+]=[N-])[C@@H](C)[C@@H]1O[C@@H]1OC2COC(c3ccccc3)O[C@H]2[C@H](C)C1OC(C)=O. The summed E-state index contributed by atoms with van der Waals surface area (Å²) in [6, 6.07) is 28.0. The van der Waals surface area contributed by atoms with Gasteiger partial charge in [-0.2, -0.15) is 0 Å². The van der Waals surface area contributed by atoms with Crippen molar-refractivity contribution in [2.45, 2.75) is 116 Å². The lowest BCUT2D eigenvalue weighted by Gasteiger charge is -2.50. The maximum Gasteiger partial charge on any atom is 0.410 e. The third-order valence-electron chi connectivity index (χ3n) is 11.0. The number of carbonyl (C=O) groups excluding carboxylic acids is 3. The summed E-state index contributed by atoms with van der Waals surface area (Å²) in [5.41, 5.74) is 12.4. The molecule has 6 rings (SSSR count). The molecule has 16 nitrogen and oxygen atoms in total. The Morgan fingerprint density at radius 2 is 1.48 bits per heavy atom. The van der Waals surface area contributed by atoms with Crippen molar-refractivity contribution < 1.29 is 57.0 Å². The van der Waals surface area contributed by atoms with Crippen molar-refractivity contribution in [1.82, 2.24) is 4.90 Å². The molecule has 0 N–H and O–H groups in total. The summed E-state index contributed by atoms with van der Waals surface area (Å²) >= 11 is 0. The molecule has 3 aliphatic heterocycles. The third kappa shape index (κ3) is 12.7. The zero-order valence-electron chi connectivity index (χ0n) is 35.1. The first-order valence-electron chi connectivity index (χ1n) is 20.9. The number of carbonyl (C=O) groups is 3. The average Bonchev–Trinajstić information content (AvgIpc) is 3.27. The van der Waals surface area contributed by atoms with Gasteiger partial charge in [0.25, 0.3) is 0 Å². The van der Waals surface area contributed by atoms with Gasteiger partial charge < -0.3 is 47.5 Å². The van der Waals surface area contributed by atoms with E-state index < -0.39 is 79.4 Å². The Kier molecular flexibility index (Phi) is 16.9. The number of fused-ring (bicyclic) bond motifs is 1. The topological polar surface area (TPSA) is 186 Å². The van der Waals surface area contributed by atoms with Gasteiger partial charge in [0.2, 0.25) is 0 Å². The Labute approximate surface area is 356 Å². The quantitative estimate of drug-likeness (QED) is 0.0309. The van der Waals surface area contributed by atoms with Crippen LogP contribution in [0.25, 0.3) is 10.4 Å². The number of azide groups is 1. The molecule has 11 atom stereocenters. The number of unbranched alkanes of at least 4 members (excludes halogenated alkanes) is 2. The van der Waals surface area contributed by atoms with Crippen molar-refractivity contribution in [3.63, 3.8) is 0 Å². The molecule has 61 heavy (non-hydrogen) atoms. The first kappa shape index (κ1) is 45.5. The van der Waals surface area contributed by atoms with Crippen molar-refractivity contribution in [3.8, 4) is 0 Å². The molecular weight excluding hydrogens is 789 g/mol. The van der Waals surface area contributed by atoms with Crippen molar-refractivity contribution in [2.24, 2.45) is 17.0 Å². The van der Waals surface area contributed by atoms with Gasteiger partial charge in [-0.3, -0.25) is 9.59 Å². The van der Waals surface area contributed by atoms with E-state index in [1.165, 1.54) is 13.8 Å². The van der Waals surface area contributed by atoms with E-state index in [2.05, 4.69) is 10.0 Å². The highest BCUT2D eigenvalue weighted by Gasteiger charge is 2.53. The van der Waals surface area contributed by atoms with Gasteiger partial charge in [-0.15, -0.1) is 0 Å². The second-order valence-corrected chi connectivity index (χ2v) is 15.5. The molecule has 3 aliphatic rings. The Hall–Kier alpha value is -5.06. The van der Waals surface area contributed by atoms with Gasteiger partial charge in [0, 0.05) is 49.9 Å². The molecule has 3 heterocycles. The molecule has 328 valence electrons. The minimum absolute atomic E-state index is 0.176. The van der Waals surface area contributed by atoms with Crippen LogP contribution in [0.15, 0.2) is 96.1 Å². The summed E-state index contributed by atoms with van der Waals surface area (Å²) in [7, 11) is 0. The normalized spacial score (nSPS) is 28.4. The summed E-state index contributed by atoms with van der Waals surface area (Å²) in [4.78, 5) is 42.4. The van der Waals surface area contributed by atoms with Crippen LogP contribution in [-0.2, 0) is 65.4 Å². The first-order valence-corrected chi connectivity index (χ1v) is 20.9. The first-order chi connectivity index (χ1) is 29.6. The molecule has 3 aromatic rings. The molecule has 16 heteroatoms. The van der Waals surface area contributed by atoms with Crippen LogP contribution in [0.4, 0.5) is 4.79 Å². The minimum atomic E-state index is -1.10. The predicted octanol–water partition coefficient (Wildman–Crippen LogP) is 7.41. The lowest BCUT2D eigenvalue weighted by Crippen LogP contribution is -2.62. The van der Waals surface area contributed by atoms with Crippen molar-refractivity contribution in [2.75, 3.05) is 26.4 Å². The van der Waals surface area contributed by atoms with E-state index in [-0.39, 0.29) is 32.3 Å². The lowest BCUT2D eigenvalue weighted by atomic mass is 9.87. The number of ether oxygens (including phenoxy) is 9. The molecule has 0 radical (unpaired) electrons. The zero-order valence-corrected chi connectivity index (χ0v) is 35.1. The molecule has 3 fully saturated rings. The number of hydrogen-bond acceptors (Lipinski definition) is 13. The highest BCUT2D eigenvalue weighted by atomic mass is 16.8. The summed E-state index contributed by atoms with van der Waals surface area (Å²) in [5.74, 6) is -1.98. The Morgan fingerprint density at radius 3 is 2.15 bits per heavy atom. The smallest absolute Gasteiger partial charge is 0.410 e. The van der Waals surface area contributed by atoms with Gasteiger partial charge in [-0.05, 0) is 41.8 Å². The number of amides is 1. The van der Waals surface area contributed by atoms with E-state index in [0.717, 1.165) is 16.7 Å². The second kappa shape index (κ2) is 22.7. The van der Waals surface area contributed by atoms with E-state index in [0.29, 0.717) is 32.4 Å². The fourth-order valence-electron chi connectivity index (χ4n) is 7.86. The fourth-order valence-corrected chi connectivity index (χ4v) is 7.86. The van der Waals surface area contributed by atoms with E-state index in [9.17, 15) is 19.9 Å². The van der Waals surface area contributed by atoms with Gasteiger partial charge in [-0.1, -0.05) is 110 Å². The molecule has 0 saturated carbocycles. The van der Waals surface area contributed by atoms with Crippen LogP contribution < -0.4 is 0 Å². The largest absolute Gasteiger partial charge is 0.463 e. The second-order valence-electron chi connectivity index (χ2n) is 15.5. The van der Waals surface area contributed by atoms with E-state index >= 15 is 0 Å². The average molecular weight is 845 g/mol. The third-order valence-corrected chi connectivity index (χ3v) is 11.0. The highest BCUT2D eigenvalue weighted by Crippen LogP contribution is 2.40. The Morgan fingerprint density at radius 1 is 0.787 bits per heavy atom. The molecule has 0 spiro atoms. The zero-order chi connectivity index (χ0) is 43.1. The summed E-state index contributed by atoms with van der Waals surface area (Å²) in [5, 5.41) is 4.06. The lowest BCUT2D eigenvalue weighted by molar-refractivity contribution is -0.371. The maximum atomic E-state index is 13.2. The Balaban J connectivity index is 1.07. The van der Waals surface area contributed by atoms with Gasteiger partial charge in [0.15, 0.2) is 25.0 Å². The number of benzene rings is 3. The van der Waals surface area contributed by atoms with Crippen LogP contribution in [0, 0.1) is 11.8 Å².